The molecule has 7 nitrogen and oxygen atoms in total. The first-order chi connectivity index (χ1) is 14.6. The van der Waals surface area contributed by atoms with Crippen molar-refractivity contribution in [3.05, 3.63) is 64.8 Å². The van der Waals surface area contributed by atoms with Crippen LogP contribution in [-0.2, 0) is 13.1 Å². The zero-order valence-electron chi connectivity index (χ0n) is 16.9. The molecule has 3 aromatic rings. The minimum Gasteiger partial charge on any atom is -0.497 e. The average Bonchev–Trinajstić information content (AvgIpc) is 3.11. The van der Waals surface area contributed by atoms with Gasteiger partial charge in [0.15, 0.2) is 0 Å². The fourth-order valence-corrected chi connectivity index (χ4v) is 4.34. The molecule has 156 valence electrons. The summed E-state index contributed by atoms with van der Waals surface area (Å²) >= 11 is 5.61. The number of thiocarbonyl (C=S) groups is 1. The van der Waals surface area contributed by atoms with Crippen LogP contribution in [0.5, 0.6) is 5.75 Å². The average molecular weight is 425 g/mol. The fourth-order valence-electron chi connectivity index (χ4n) is 4.14. The van der Waals surface area contributed by atoms with E-state index < -0.39 is 5.91 Å². The van der Waals surface area contributed by atoms with Gasteiger partial charge in [-0.1, -0.05) is 24.4 Å². The van der Waals surface area contributed by atoms with Gasteiger partial charge in [0.1, 0.15) is 5.75 Å². The van der Waals surface area contributed by atoms with Crippen molar-refractivity contribution in [2.24, 2.45) is 0 Å². The van der Waals surface area contributed by atoms with Crippen molar-refractivity contribution >= 4 is 34.0 Å². The Labute approximate surface area is 180 Å². The summed E-state index contributed by atoms with van der Waals surface area (Å²) in [6, 6.07) is 13.3. The molecular weight excluding hydrogens is 400 g/mol. The second-order valence-electron chi connectivity index (χ2n) is 7.27. The van der Waals surface area contributed by atoms with Crippen LogP contribution in [0.15, 0.2) is 42.5 Å². The van der Waals surface area contributed by atoms with Gasteiger partial charge in [0.25, 0.3) is 5.91 Å². The number of ether oxygens (including phenoxy) is 1. The summed E-state index contributed by atoms with van der Waals surface area (Å²) in [7, 11) is 3.53. The van der Waals surface area contributed by atoms with E-state index in [1.807, 2.05) is 25.2 Å². The normalized spacial score (nSPS) is 15.5. The first kappa shape index (κ1) is 20.3. The first-order valence-corrected chi connectivity index (χ1v) is 10.1. The van der Waals surface area contributed by atoms with E-state index >= 15 is 0 Å². The number of hydrogen-bond acceptors (Lipinski definition) is 5. The Balaban J connectivity index is 1.82. The monoisotopic (exact) mass is 424 g/mol. The van der Waals surface area contributed by atoms with Crippen LogP contribution in [0.1, 0.15) is 33.1 Å². The lowest BCUT2D eigenvalue weighted by molar-refractivity contribution is 0.0706. The number of methoxy groups -OCH3 is 1. The van der Waals surface area contributed by atoms with Crippen LogP contribution in [0.2, 0.25) is 0 Å². The highest BCUT2D eigenvalue weighted by Gasteiger charge is 2.30. The lowest BCUT2D eigenvalue weighted by atomic mass is 9.92. The van der Waals surface area contributed by atoms with Crippen LogP contribution >= 0.6 is 12.2 Å². The summed E-state index contributed by atoms with van der Waals surface area (Å²) in [6.45, 7) is 2.19. The Bertz CT molecular complexity index is 1110. The van der Waals surface area contributed by atoms with E-state index in [0.717, 1.165) is 40.3 Å². The van der Waals surface area contributed by atoms with Crippen LogP contribution in [0.25, 0.3) is 10.9 Å². The van der Waals surface area contributed by atoms with Crippen LogP contribution < -0.4 is 20.9 Å². The molecule has 1 aliphatic rings. The van der Waals surface area contributed by atoms with E-state index in [2.05, 4.69) is 27.3 Å². The molecule has 8 heteroatoms. The third kappa shape index (κ3) is 3.54. The summed E-state index contributed by atoms with van der Waals surface area (Å²) in [5.74, 6) is 0.375. The summed E-state index contributed by atoms with van der Waals surface area (Å²) in [4.78, 5) is 12.4. The van der Waals surface area contributed by atoms with E-state index in [4.69, 9.17) is 22.2 Å². The molecule has 1 unspecified atom stereocenters. The Hall–Kier alpha value is -2.94. The molecule has 0 saturated heterocycles. The van der Waals surface area contributed by atoms with Gasteiger partial charge in [0.2, 0.25) is 0 Å². The number of carbonyl (C=O) groups is 1. The number of aromatic nitrogens is 1. The molecule has 2 aromatic carbocycles. The molecule has 2 heterocycles. The van der Waals surface area contributed by atoms with Gasteiger partial charge < -0.3 is 19.9 Å². The van der Waals surface area contributed by atoms with Gasteiger partial charge >= 0.3 is 0 Å². The smallest absolute Gasteiger partial charge is 0.274 e. The number of hydrogen-bond donors (Lipinski definition) is 4. The Morgan fingerprint density at radius 2 is 2.07 bits per heavy atom. The molecule has 0 saturated carbocycles. The van der Waals surface area contributed by atoms with Gasteiger partial charge in [-0.25, -0.2) is 5.48 Å². The minimum atomic E-state index is -0.523. The van der Waals surface area contributed by atoms with E-state index in [9.17, 15) is 4.79 Å². The Morgan fingerprint density at radius 3 is 2.73 bits per heavy atom. The number of nitrogens with zero attached hydrogens (tertiary/aromatic N) is 1. The lowest BCUT2D eigenvalue weighted by Gasteiger charge is -2.26. The maximum absolute atomic E-state index is 11.6. The topological polar surface area (TPSA) is 87.5 Å². The summed E-state index contributed by atoms with van der Waals surface area (Å²) < 4.78 is 7.77. The Morgan fingerprint density at radius 1 is 1.30 bits per heavy atom. The van der Waals surface area contributed by atoms with Crippen molar-refractivity contribution < 1.29 is 14.7 Å². The van der Waals surface area contributed by atoms with Gasteiger partial charge in [-0.05, 0) is 41.5 Å². The predicted octanol–water partition coefficient (Wildman–Crippen LogP) is 2.55. The van der Waals surface area contributed by atoms with Crippen LogP contribution in [0, 0.1) is 0 Å². The van der Waals surface area contributed by atoms with E-state index in [0.29, 0.717) is 12.1 Å². The van der Waals surface area contributed by atoms with Gasteiger partial charge in [-0.3, -0.25) is 10.0 Å². The third-order valence-electron chi connectivity index (χ3n) is 5.63. The highest BCUT2D eigenvalue weighted by atomic mass is 32.1. The zero-order valence-corrected chi connectivity index (χ0v) is 17.7. The number of hydroxylamine groups is 1. The molecular formula is C22H24N4O3S. The maximum atomic E-state index is 11.6. The maximum Gasteiger partial charge on any atom is 0.274 e. The molecule has 30 heavy (non-hydrogen) atoms. The number of likely N-dealkylation sites (N-methyl/N-ethyl adjacent to an activating group) is 1. The van der Waals surface area contributed by atoms with E-state index in [1.165, 1.54) is 11.3 Å². The highest BCUT2D eigenvalue weighted by molar-refractivity contribution is 7.80. The largest absolute Gasteiger partial charge is 0.497 e. The number of benzene rings is 2. The summed E-state index contributed by atoms with van der Waals surface area (Å²) in [6.07, 6.45) is 0. The molecule has 0 fully saturated rings. The number of amides is 1. The van der Waals surface area contributed by atoms with Crippen molar-refractivity contribution in [1.29, 1.82) is 0 Å². The molecule has 1 atom stereocenters. The van der Waals surface area contributed by atoms with Crippen molar-refractivity contribution in [2.45, 2.75) is 19.0 Å². The molecule has 1 aliphatic heterocycles. The van der Waals surface area contributed by atoms with Crippen LogP contribution in [0.3, 0.4) is 0 Å². The molecule has 0 radical (unpaired) electrons. The molecule has 0 aliphatic carbocycles. The molecule has 1 aromatic heterocycles. The number of carbonyl (C=O) groups excluding carboxylic acids is 1. The van der Waals surface area contributed by atoms with Crippen molar-refractivity contribution in [3.63, 3.8) is 0 Å². The summed E-state index contributed by atoms with van der Waals surface area (Å²) in [5.41, 5.74) is 6.67. The molecule has 0 bridgehead atoms. The molecule has 1 amide bonds. The third-order valence-corrected chi connectivity index (χ3v) is 6.12. The van der Waals surface area contributed by atoms with Crippen molar-refractivity contribution in [3.8, 4) is 5.75 Å². The first-order valence-electron chi connectivity index (χ1n) is 9.72. The SMILES string of the molecule is CNC(=S)C1CNCc2c1c1cc(OC)ccc1n2Cc1ccc(C(=O)NO)cc1. The minimum absolute atomic E-state index is 0.0835. The Kier molecular flexibility index (Phi) is 5.72. The predicted molar refractivity (Wildman–Crippen MR) is 119 cm³/mol. The van der Waals surface area contributed by atoms with Gasteiger partial charge in [-0.15, -0.1) is 0 Å². The van der Waals surface area contributed by atoms with E-state index in [1.54, 1.807) is 24.7 Å². The second-order valence-corrected chi connectivity index (χ2v) is 7.71. The van der Waals surface area contributed by atoms with Crippen molar-refractivity contribution in [1.82, 2.24) is 20.7 Å². The lowest BCUT2D eigenvalue weighted by Crippen LogP contribution is -2.37. The highest BCUT2D eigenvalue weighted by Crippen LogP contribution is 2.37. The van der Waals surface area contributed by atoms with Gasteiger partial charge in [0.05, 0.1) is 12.1 Å². The number of nitrogens with one attached hydrogen (secondary N) is 3. The summed E-state index contributed by atoms with van der Waals surface area (Å²) in [5, 5.41) is 16.6. The second kappa shape index (κ2) is 8.43. The molecule has 4 rings (SSSR count). The number of fused-ring (bicyclic) bond motifs is 3. The van der Waals surface area contributed by atoms with Gasteiger partial charge in [0, 0.05) is 54.8 Å². The quantitative estimate of drug-likeness (QED) is 0.286. The van der Waals surface area contributed by atoms with E-state index in [-0.39, 0.29) is 5.92 Å². The fraction of sp³-hybridized carbons (Fsp3) is 0.273. The molecule has 4 N–H and O–H groups in total. The van der Waals surface area contributed by atoms with Crippen molar-refractivity contribution in [2.75, 3.05) is 20.7 Å². The van der Waals surface area contributed by atoms with Gasteiger partial charge in [-0.2, -0.15) is 0 Å². The molecule has 0 spiro atoms. The standard InChI is InChI=1S/C22H24N4O3S/c1-23-22(30)17-10-24-11-19-20(17)16-9-15(29-2)7-8-18(16)26(19)12-13-3-5-14(6-4-13)21(27)25-28/h3-9,17,24,28H,10-12H2,1-2H3,(H,23,30)(H,25,27). The zero-order chi connectivity index (χ0) is 21.3. The van der Waals surface area contributed by atoms with Crippen LogP contribution in [0.4, 0.5) is 0 Å². The number of rotatable bonds is 5. The van der Waals surface area contributed by atoms with Crippen LogP contribution in [-0.4, -0.2) is 41.4 Å².